The van der Waals surface area contributed by atoms with Crippen molar-refractivity contribution in [3.8, 4) is 0 Å². The van der Waals surface area contributed by atoms with Crippen LogP contribution in [-0.4, -0.2) is 54.4 Å². The van der Waals surface area contributed by atoms with Crippen LogP contribution in [0, 0.1) is 0 Å². The molecule has 1 saturated heterocycles. The highest BCUT2D eigenvalue weighted by atomic mass is 16.7. The fourth-order valence-corrected chi connectivity index (χ4v) is 2.91. The predicted molar refractivity (Wildman–Crippen MR) is 105 cm³/mol. The molecule has 1 aliphatic rings. The highest BCUT2D eigenvalue weighted by Gasteiger charge is 2.42. The minimum absolute atomic E-state index is 0.202. The van der Waals surface area contributed by atoms with Crippen molar-refractivity contribution >= 4 is 5.97 Å². The van der Waals surface area contributed by atoms with Crippen molar-refractivity contribution in [2.75, 3.05) is 13.2 Å². The summed E-state index contributed by atoms with van der Waals surface area (Å²) in [6.45, 7) is 5.83. The summed E-state index contributed by atoms with van der Waals surface area (Å²) >= 11 is 0. The maximum atomic E-state index is 11.6. The minimum atomic E-state index is -1.28. The molecule has 1 N–H and O–H groups in total. The number of nitrogens with zero attached hydrogens (tertiary/aromatic N) is 3. The van der Waals surface area contributed by atoms with Gasteiger partial charge in [-0.05, 0) is 31.9 Å². The molecule has 1 aliphatic heterocycles. The molecule has 0 radical (unpaired) electrons. The van der Waals surface area contributed by atoms with Crippen molar-refractivity contribution in [2.45, 2.75) is 57.5 Å². The highest BCUT2D eigenvalue weighted by Crippen LogP contribution is 2.28. The number of aliphatic hydroxyl groups is 1. The molecule has 1 aromatic rings. The lowest BCUT2D eigenvalue weighted by Gasteiger charge is -2.30. The van der Waals surface area contributed by atoms with E-state index in [1.807, 2.05) is 30.3 Å². The third-order valence-electron chi connectivity index (χ3n) is 4.27. The molecule has 0 saturated carbocycles. The zero-order chi connectivity index (χ0) is 21.3. The van der Waals surface area contributed by atoms with Crippen LogP contribution >= 0.6 is 0 Å². The molecule has 0 spiro atoms. The highest BCUT2D eigenvalue weighted by molar-refractivity contribution is 5.82. The first-order chi connectivity index (χ1) is 13.9. The molecule has 0 aliphatic carbocycles. The van der Waals surface area contributed by atoms with Gasteiger partial charge in [0, 0.05) is 11.0 Å². The van der Waals surface area contributed by atoms with Gasteiger partial charge in [0.25, 0.3) is 0 Å². The average Bonchev–Trinajstić information content (AvgIpc) is 3.05. The Kier molecular flexibility index (Phi) is 8.63. The van der Waals surface area contributed by atoms with Gasteiger partial charge in [-0.15, -0.1) is 0 Å². The molecule has 4 atom stereocenters. The van der Waals surface area contributed by atoms with E-state index >= 15 is 0 Å². The Morgan fingerprint density at radius 2 is 2.17 bits per heavy atom. The Labute approximate surface area is 169 Å². The van der Waals surface area contributed by atoms with E-state index in [2.05, 4.69) is 10.0 Å². The standard InChI is InChI=1S/C20H27N3O6/c1-4-26-17(24)11-10-15(22-23-21)18(25)19(16-13-28-20(2,3)29-16)27-12-14-8-6-5-7-9-14/h5-11,15-16,18-19,25H,4,12-13H2,1-3H3/b11-10+/t15-,16+,18+,19-/m1/s1. The van der Waals surface area contributed by atoms with Crippen LogP contribution < -0.4 is 0 Å². The monoisotopic (exact) mass is 405 g/mol. The molecule has 29 heavy (non-hydrogen) atoms. The molecule has 1 aromatic carbocycles. The summed E-state index contributed by atoms with van der Waals surface area (Å²) < 4.78 is 22.2. The van der Waals surface area contributed by atoms with Crippen molar-refractivity contribution in [1.82, 2.24) is 0 Å². The van der Waals surface area contributed by atoms with Crippen LogP contribution in [0.25, 0.3) is 10.4 Å². The molecule has 9 nitrogen and oxygen atoms in total. The lowest BCUT2D eigenvalue weighted by molar-refractivity contribution is -0.172. The Hall–Kier alpha value is -2.42. The van der Waals surface area contributed by atoms with Crippen LogP contribution in [0.4, 0.5) is 0 Å². The fourth-order valence-electron chi connectivity index (χ4n) is 2.91. The maximum absolute atomic E-state index is 11.6. The quantitative estimate of drug-likeness (QED) is 0.210. The summed E-state index contributed by atoms with van der Waals surface area (Å²) in [5.74, 6) is -1.42. The molecule has 1 heterocycles. The Bertz CT molecular complexity index is 733. The van der Waals surface area contributed by atoms with Crippen molar-refractivity contribution in [3.63, 3.8) is 0 Å². The molecular weight excluding hydrogens is 378 g/mol. The number of hydrogen-bond donors (Lipinski definition) is 1. The first-order valence-electron chi connectivity index (χ1n) is 9.41. The van der Waals surface area contributed by atoms with Crippen molar-refractivity contribution < 1.29 is 28.8 Å². The third kappa shape index (κ3) is 7.16. The summed E-state index contributed by atoms with van der Waals surface area (Å²) in [6, 6.07) is 8.39. The second-order valence-electron chi connectivity index (χ2n) is 6.93. The Morgan fingerprint density at radius 3 is 2.76 bits per heavy atom. The summed E-state index contributed by atoms with van der Waals surface area (Å²) in [5.41, 5.74) is 9.80. The number of ether oxygens (including phenoxy) is 4. The molecule has 0 unspecified atom stereocenters. The van der Waals surface area contributed by atoms with Crippen molar-refractivity contribution in [2.24, 2.45) is 5.11 Å². The second-order valence-corrected chi connectivity index (χ2v) is 6.93. The van der Waals surface area contributed by atoms with E-state index in [0.717, 1.165) is 11.6 Å². The summed E-state index contributed by atoms with van der Waals surface area (Å²) in [5, 5.41) is 14.5. The molecule has 1 fully saturated rings. The SMILES string of the molecule is CCOC(=O)/C=C/[C@@H](N=[N+]=[N-])[C@H](O)[C@H](OCc1ccccc1)[C@@H]1COC(C)(C)O1. The van der Waals surface area contributed by atoms with Gasteiger partial charge in [0.15, 0.2) is 5.79 Å². The maximum Gasteiger partial charge on any atom is 0.330 e. The molecule has 0 bridgehead atoms. The van der Waals surface area contributed by atoms with Crippen LogP contribution in [0.3, 0.4) is 0 Å². The van der Waals surface area contributed by atoms with E-state index in [1.54, 1.807) is 20.8 Å². The van der Waals surface area contributed by atoms with Gasteiger partial charge >= 0.3 is 5.97 Å². The van der Waals surface area contributed by atoms with E-state index in [1.165, 1.54) is 6.08 Å². The van der Waals surface area contributed by atoms with Gasteiger partial charge < -0.3 is 24.1 Å². The van der Waals surface area contributed by atoms with E-state index in [9.17, 15) is 9.90 Å². The minimum Gasteiger partial charge on any atom is -0.463 e. The van der Waals surface area contributed by atoms with Crippen LogP contribution in [0.2, 0.25) is 0 Å². The largest absolute Gasteiger partial charge is 0.463 e. The van der Waals surface area contributed by atoms with Crippen LogP contribution in [-0.2, 0) is 30.3 Å². The van der Waals surface area contributed by atoms with Crippen molar-refractivity contribution in [3.05, 3.63) is 58.5 Å². The Balaban J connectivity index is 2.19. The first-order valence-corrected chi connectivity index (χ1v) is 9.41. The zero-order valence-electron chi connectivity index (χ0n) is 16.8. The number of carbonyl (C=O) groups excluding carboxylic acids is 1. The number of carbonyl (C=O) groups is 1. The number of aliphatic hydroxyl groups excluding tert-OH is 1. The van der Waals surface area contributed by atoms with E-state index in [0.29, 0.717) is 0 Å². The molecular formula is C20H27N3O6. The molecule has 0 amide bonds. The average molecular weight is 405 g/mol. The lowest BCUT2D eigenvalue weighted by Crippen LogP contribution is -2.46. The number of hydrogen-bond acceptors (Lipinski definition) is 7. The molecule has 0 aromatic heterocycles. The topological polar surface area (TPSA) is 123 Å². The predicted octanol–water partition coefficient (Wildman–Crippen LogP) is 2.88. The number of rotatable bonds is 10. The van der Waals surface area contributed by atoms with Gasteiger partial charge in [0.2, 0.25) is 0 Å². The van der Waals surface area contributed by atoms with E-state index < -0.39 is 36.1 Å². The normalized spacial score (nSPS) is 21.3. The third-order valence-corrected chi connectivity index (χ3v) is 4.27. The summed E-state index contributed by atoms with van der Waals surface area (Å²) in [4.78, 5) is 14.4. The first kappa shape index (κ1) is 22.9. The van der Waals surface area contributed by atoms with E-state index in [-0.39, 0.29) is 19.8 Å². The lowest BCUT2D eigenvalue weighted by atomic mass is 10.0. The molecule has 9 heteroatoms. The van der Waals surface area contributed by atoms with E-state index in [4.69, 9.17) is 24.5 Å². The van der Waals surface area contributed by atoms with Gasteiger partial charge in [-0.25, -0.2) is 4.79 Å². The zero-order valence-corrected chi connectivity index (χ0v) is 16.8. The van der Waals surface area contributed by atoms with Gasteiger partial charge in [-0.1, -0.05) is 41.5 Å². The second kappa shape index (κ2) is 10.9. The number of esters is 1. The van der Waals surface area contributed by atoms with Gasteiger partial charge in [0.1, 0.15) is 12.2 Å². The Morgan fingerprint density at radius 1 is 1.45 bits per heavy atom. The smallest absolute Gasteiger partial charge is 0.330 e. The van der Waals surface area contributed by atoms with Crippen molar-refractivity contribution in [1.29, 1.82) is 0 Å². The summed E-state index contributed by atoms with van der Waals surface area (Å²) in [7, 11) is 0. The summed E-state index contributed by atoms with van der Waals surface area (Å²) in [6.07, 6.45) is -0.309. The molecule has 158 valence electrons. The van der Waals surface area contributed by atoms with Crippen LogP contribution in [0.15, 0.2) is 47.6 Å². The van der Waals surface area contributed by atoms with Crippen LogP contribution in [0.1, 0.15) is 26.3 Å². The van der Waals surface area contributed by atoms with Gasteiger partial charge in [-0.3, -0.25) is 0 Å². The fraction of sp³-hybridized carbons (Fsp3) is 0.550. The molecule has 2 rings (SSSR count). The van der Waals surface area contributed by atoms with Gasteiger partial charge in [-0.2, -0.15) is 0 Å². The number of azide groups is 1. The number of benzene rings is 1. The van der Waals surface area contributed by atoms with Crippen LogP contribution in [0.5, 0.6) is 0 Å². The van der Waals surface area contributed by atoms with Gasteiger partial charge in [0.05, 0.1) is 32.0 Å².